The van der Waals surface area contributed by atoms with E-state index in [1.54, 1.807) is 0 Å². The molecule has 3 aromatic rings. The van der Waals surface area contributed by atoms with Gasteiger partial charge in [0.25, 0.3) is 5.91 Å². The fraction of sp³-hybridized carbons (Fsp3) is 0.333. The molecule has 6 heteroatoms. The number of rotatable bonds is 3. The van der Waals surface area contributed by atoms with Crippen LogP contribution < -0.4 is 5.73 Å². The molecule has 1 amide bonds. The first-order chi connectivity index (χ1) is 13.0. The van der Waals surface area contributed by atoms with Crippen molar-refractivity contribution < 1.29 is 9.53 Å². The SMILES string of the molecule is CC(C)[C@H]1CN(C(=O)c2ccc3sc(N)nc3c2)C[C@@H](c2ccccc2)O1. The van der Waals surface area contributed by atoms with Crippen molar-refractivity contribution in [3.63, 3.8) is 0 Å². The van der Waals surface area contributed by atoms with Gasteiger partial charge in [-0.2, -0.15) is 0 Å². The van der Waals surface area contributed by atoms with Crippen molar-refractivity contribution in [2.45, 2.75) is 26.1 Å². The zero-order chi connectivity index (χ0) is 19.0. The molecule has 0 bridgehead atoms. The highest BCUT2D eigenvalue weighted by molar-refractivity contribution is 7.22. The first kappa shape index (κ1) is 17.9. The summed E-state index contributed by atoms with van der Waals surface area (Å²) in [7, 11) is 0. The van der Waals surface area contributed by atoms with Gasteiger partial charge in [0.2, 0.25) is 0 Å². The largest absolute Gasteiger partial charge is 0.375 e. The molecule has 2 atom stereocenters. The number of ether oxygens (including phenoxy) is 1. The second-order valence-electron chi connectivity index (χ2n) is 7.26. The number of nitrogens with two attached hydrogens (primary N) is 1. The lowest BCUT2D eigenvalue weighted by atomic mass is 10.0. The molecule has 140 valence electrons. The van der Waals surface area contributed by atoms with E-state index in [4.69, 9.17) is 10.5 Å². The maximum absolute atomic E-state index is 13.2. The van der Waals surface area contributed by atoms with Gasteiger partial charge in [0, 0.05) is 12.1 Å². The fourth-order valence-electron chi connectivity index (χ4n) is 3.44. The molecule has 2 aromatic carbocycles. The van der Waals surface area contributed by atoms with E-state index in [0.717, 1.165) is 15.8 Å². The fourth-order valence-corrected chi connectivity index (χ4v) is 4.15. The summed E-state index contributed by atoms with van der Waals surface area (Å²) < 4.78 is 7.30. The van der Waals surface area contributed by atoms with Crippen molar-refractivity contribution in [2.24, 2.45) is 5.92 Å². The molecular formula is C21H23N3O2S. The Morgan fingerprint density at radius 3 is 2.74 bits per heavy atom. The minimum atomic E-state index is -0.116. The number of carbonyl (C=O) groups excluding carboxylic acids is 1. The van der Waals surface area contributed by atoms with Crippen LogP contribution in [0, 0.1) is 5.92 Å². The summed E-state index contributed by atoms with van der Waals surface area (Å²) in [6.45, 7) is 5.40. The average Bonchev–Trinajstić information content (AvgIpc) is 3.06. The molecule has 4 rings (SSSR count). The van der Waals surface area contributed by atoms with Crippen LogP contribution in [0.2, 0.25) is 0 Å². The quantitative estimate of drug-likeness (QED) is 0.741. The Bertz CT molecular complexity index is 954. The monoisotopic (exact) mass is 381 g/mol. The van der Waals surface area contributed by atoms with Gasteiger partial charge in [0.1, 0.15) is 6.10 Å². The molecule has 1 aliphatic heterocycles. The highest BCUT2D eigenvalue weighted by atomic mass is 32.1. The number of fused-ring (bicyclic) bond motifs is 1. The van der Waals surface area contributed by atoms with Gasteiger partial charge in [-0.1, -0.05) is 55.5 Å². The van der Waals surface area contributed by atoms with Gasteiger partial charge in [-0.25, -0.2) is 4.98 Å². The van der Waals surface area contributed by atoms with E-state index in [0.29, 0.717) is 29.7 Å². The third-order valence-electron chi connectivity index (χ3n) is 4.98. The summed E-state index contributed by atoms with van der Waals surface area (Å²) in [5.74, 6) is 0.339. The number of nitrogen functional groups attached to an aromatic ring is 1. The Morgan fingerprint density at radius 1 is 1.22 bits per heavy atom. The number of hydrogen-bond donors (Lipinski definition) is 1. The Morgan fingerprint density at radius 2 is 2.00 bits per heavy atom. The van der Waals surface area contributed by atoms with E-state index in [9.17, 15) is 4.79 Å². The zero-order valence-electron chi connectivity index (χ0n) is 15.5. The number of amides is 1. The first-order valence-electron chi connectivity index (χ1n) is 9.17. The van der Waals surface area contributed by atoms with Crippen LogP contribution in [0.3, 0.4) is 0 Å². The summed E-state index contributed by atoms with van der Waals surface area (Å²) in [6, 6.07) is 15.7. The van der Waals surface area contributed by atoms with Crippen molar-refractivity contribution in [1.29, 1.82) is 0 Å². The third kappa shape index (κ3) is 3.68. The number of aromatic nitrogens is 1. The Hall–Kier alpha value is -2.44. The van der Waals surface area contributed by atoms with Crippen LogP contribution in [-0.4, -0.2) is 35.0 Å². The Balaban J connectivity index is 1.62. The van der Waals surface area contributed by atoms with E-state index >= 15 is 0 Å². The van der Waals surface area contributed by atoms with E-state index < -0.39 is 0 Å². The lowest BCUT2D eigenvalue weighted by Crippen LogP contribution is -2.48. The van der Waals surface area contributed by atoms with Crippen LogP contribution >= 0.6 is 11.3 Å². The molecule has 5 nitrogen and oxygen atoms in total. The second-order valence-corrected chi connectivity index (χ2v) is 8.32. The van der Waals surface area contributed by atoms with Gasteiger partial charge in [-0.15, -0.1) is 0 Å². The minimum absolute atomic E-state index is 0.00607. The van der Waals surface area contributed by atoms with Crippen molar-refractivity contribution in [2.75, 3.05) is 18.8 Å². The molecule has 1 fully saturated rings. The zero-order valence-corrected chi connectivity index (χ0v) is 16.3. The van der Waals surface area contributed by atoms with Gasteiger partial charge in [0.05, 0.1) is 22.9 Å². The topological polar surface area (TPSA) is 68.5 Å². The predicted octanol–water partition coefficient (Wildman–Crippen LogP) is 4.12. The highest BCUT2D eigenvalue weighted by Gasteiger charge is 2.33. The normalized spacial score (nSPS) is 20.3. The summed E-state index contributed by atoms with van der Waals surface area (Å²) in [6.07, 6.45) is -0.110. The molecule has 0 radical (unpaired) electrons. The lowest BCUT2D eigenvalue weighted by Gasteiger charge is -2.40. The van der Waals surface area contributed by atoms with Crippen LogP contribution in [0.15, 0.2) is 48.5 Å². The number of morpholine rings is 1. The van der Waals surface area contributed by atoms with E-state index in [-0.39, 0.29) is 18.1 Å². The molecular weight excluding hydrogens is 358 g/mol. The van der Waals surface area contributed by atoms with E-state index in [2.05, 4.69) is 31.0 Å². The van der Waals surface area contributed by atoms with Gasteiger partial charge >= 0.3 is 0 Å². The molecule has 0 unspecified atom stereocenters. The molecule has 0 spiro atoms. The molecule has 1 saturated heterocycles. The van der Waals surface area contributed by atoms with E-state index in [1.807, 2.05) is 41.3 Å². The molecule has 2 N–H and O–H groups in total. The number of benzene rings is 2. The summed E-state index contributed by atoms with van der Waals surface area (Å²) >= 11 is 1.43. The number of nitrogens with zero attached hydrogens (tertiary/aromatic N) is 2. The molecule has 0 saturated carbocycles. The lowest BCUT2D eigenvalue weighted by molar-refractivity contribution is -0.0954. The molecule has 27 heavy (non-hydrogen) atoms. The number of anilines is 1. The van der Waals surface area contributed by atoms with Gasteiger partial charge in [0.15, 0.2) is 5.13 Å². The van der Waals surface area contributed by atoms with Gasteiger partial charge in [-0.3, -0.25) is 4.79 Å². The van der Waals surface area contributed by atoms with Crippen molar-refractivity contribution in [3.05, 3.63) is 59.7 Å². The Labute approximate surface area is 162 Å². The van der Waals surface area contributed by atoms with Gasteiger partial charge < -0.3 is 15.4 Å². The van der Waals surface area contributed by atoms with Crippen LogP contribution in [0.4, 0.5) is 5.13 Å². The minimum Gasteiger partial charge on any atom is -0.375 e. The summed E-state index contributed by atoms with van der Waals surface area (Å²) in [5, 5.41) is 0.519. The van der Waals surface area contributed by atoms with Crippen LogP contribution in [0.25, 0.3) is 10.2 Å². The first-order valence-corrected chi connectivity index (χ1v) is 9.98. The summed E-state index contributed by atoms with van der Waals surface area (Å²) in [5.41, 5.74) is 8.31. The molecule has 1 aliphatic rings. The highest BCUT2D eigenvalue weighted by Crippen LogP contribution is 2.30. The number of hydrogen-bond acceptors (Lipinski definition) is 5. The summed E-state index contributed by atoms with van der Waals surface area (Å²) in [4.78, 5) is 19.4. The predicted molar refractivity (Wildman–Crippen MR) is 109 cm³/mol. The average molecular weight is 382 g/mol. The number of carbonyl (C=O) groups is 1. The maximum Gasteiger partial charge on any atom is 0.254 e. The second kappa shape index (κ2) is 7.29. The third-order valence-corrected chi connectivity index (χ3v) is 5.84. The number of thiazole rings is 1. The van der Waals surface area contributed by atoms with Crippen molar-refractivity contribution >= 4 is 32.6 Å². The maximum atomic E-state index is 13.2. The van der Waals surface area contributed by atoms with E-state index in [1.165, 1.54) is 11.3 Å². The van der Waals surface area contributed by atoms with Crippen molar-refractivity contribution in [1.82, 2.24) is 9.88 Å². The van der Waals surface area contributed by atoms with Gasteiger partial charge in [-0.05, 0) is 29.7 Å². The standard InChI is InChI=1S/C21H23N3O2S/c1-13(2)17-11-24(12-18(26-17)14-6-4-3-5-7-14)20(25)15-8-9-19-16(10-15)23-21(22)27-19/h3-10,13,17-18H,11-12H2,1-2H3,(H2,22,23)/t17-,18+/m1/s1. The van der Waals surface area contributed by atoms with Crippen LogP contribution in [0.5, 0.6) is 0 Å². The molecule has 2 heterocycles. The molecule has 0 aliphatic carbocycles. The molecule has 1 aromatic heterocycles. The Kier molecular flexibility index (Phi) is 4.85. The van der Waals surface area contributed by atoms with Crippen LogP contribution in [0.1, 0.15) is 35.9 Å². The smallest absolute Gasteiger partial charge is 0.254 e. The van der Waals surface area contributed by atoms with Crippen LogP contribution in [-0.2, 0) is 4.74 Å². The van der Waals surface area contributed by atoms with Crippen molar-refractivity contribution in [3.8, 4) is 0 Å².